The molecule has 5 nitrogen and oxygen atoms in total. The Bertz CT molecular complexity index is 311. The van der Waals surface area contributed by atoms with E-state index in [0.29, 0.717) is 0 Å². The van der Waals surface area contributed by atoms with Crippen LogP contribution in [0.4, 0.5) is 0 Å². The number of aliphatic hydroxyl groups is 1. The fraction of sp³-hybridized carbons (Fsp3) is 1.00. The van der Waals surface area contributed by atoms with Gasteiger partial charge in [-0.25, -0.2) is 0 Å². The van der Waals surface area contributed by atoms with Gasteiger partial charge in [-0.2, -0.15) is 0 Å². The van der Waals surface area contributed by atoms with E-state index in [4.69, 9.17) is 9.47 Å². The molecule has 0 aromatic rings. The molecule has 2 heterocycles. The van der Waals surface area contributed by atoms with E-state index in [1.54, 1.807) is 0 Å². The fourth-order valence-corrected chi connectivity index (χ4v) is 3.19. The lowest BCUT2D eigenvalue weighted by molar-refractivity contribution is -0.0818. The molecule has 0 spiro atoms. The number of hydrogen-bond donors (Lipinski definition) is 2. The van der Waals surface area contributed by atoms with Crippen LogP contribution in [0.3, 0.4) is 0 Å². The van der Waals surface area contributed by atoms with Gasteiger partial charge < -0.3 is 19.9 Å². The van der Waals surface area contributed by atoms with Crippen LogP contribution in [0.1, 0.15) is 33.6 Å². The van der Waals surface area contributed by atoms with E-state index in [2.05, 4.69) is 31.0 Å². The van der Waals surface area contributed by atoms with Crippen molar-refractivity contribution in [3.8, 4) is 0 Å². The average molecular weight is 300 g/mol. The third-order valence-corrected chi connectivity index (χ3v) is 4.38. The van der Waals surface area contributed by atoms with Crippen molar-refractivity contribution >= 4 is 0 Å². The SMILES string of the molecule is CC(C)(C)NCC1(CN2CCOC(CO)C2)CCCOC1. The maximum Gasteiger partial charge on any atom is 0.0932 e. The zero-order chi connectivity index (χ0) is 15.3. The van der Waals surface area contributed by atoms with Crippen molar-refractivity contribution in [2.75, 3.05) is 52.6 Å². The summed E-state index contributed by atoms with van der Waals surface area (Å²) in [6, 6.07) is 0. The molecule has 2 saturated heterocycles. The second-order valence-electron chi connectivity index (χ2n) is 7.67. The molecule has 0 aliphatic carbocycles. The summed E-state index contributed by atoms with van der Waals surface area (Å²) in [6.07, 6.45) is 2.31. The molecule has 0 amide bonds. The van der Waals surface area contributed by atoms with Crippen LogP contribution >= 0.6 is 0 Å². The Hall–Kier alpha value is -0.200. The lowest BCUT2D eigenvalue weighted by Gasteiger charge is -2.44. The zero-order valence-electron chi connectivity index (χ0n) is 13.9. The second kappa shape index (κ2) is 7.38. The second-order valence-corrected chi connectivity index (χ2v) is 7.67. The van der Waals surface area contributed by atoms with Gasteiger partial charge in [-0.3, -0.25) is 4.90 Å². The highest BCUT2D eigenvalue weighted by Crippen LogP contribution is 2.30. The van der Waals surface area contributed by atoms with Gasteiger partial charge in [0, 0.05) is 43.7 Å². The predicted octanol–water partition coefficient (Wildman–Crippen LogP) is 0.864. The highest BCUT2D eigenvalue weighted by molar-refractivity contribution is 4.90. The Morgan fingerprint density at radius 1 is 1.33 bits per heavy atom. The first-order valence-electron chi connectivity index (χ1n) is 8.20. The number of nitrogens with zero attached hydrogens (tertiary/aromatic N) is 1. The Morgan fingerprint density at radius 3 is 2.76 bits per heavy atom. The maximum absolute atomic E-state index is 9.30. The van der Waals surface area contributed by atoms with Crippen molar-refractivity contribution in [3.63, 3.8) is 0 Å². The van der Waals surface area contributed by atoms with Crippen LogP contribution < -0.4 is 5.32 Å². The first-order valence-corrected chi connectivity index (χ1v) is 8.20. The van der Waals surface area contributed by atoms with Crippen molar-refractivity contribution < 1.29 is 14.6 Å². The summed E-state index contributed by atoms with van der Waals surface area (Å²) in [6.45, 7) is 13.0. The van der Waals surface area contributed by atoms with Gasteiger partial charge >= 0.3 is 0 Å². The molecule has 0 radical (unpaired) electrons. The summed E-state index contributed by atoms with van der Waals surface area (Å²) in [5.74, 6) is 0. The van der Waals surface area contributed by atoms with E-state index in [1.165, 1.54) is 6.42 Å². The van der Waals surface area contributed by atoms with Gasteiger partial charge in [-0.1, -0.05) is 0 Å². The molecular formula is C16H32N2O3. The van der Waals surface area contributed by atoms with Crippen molar-refractivity contribution in [3.05, 3.63) is 0 Å². The minimum atomic E-state index is -0.0316. The smallest absolute Gasteiger partial charge is 0.0932 e. The number of aliphatic hydroxyl groups excluding tert-OH is 1. The van der Waals surface area contributed by atoms with Crippen LogP contribution in [0.25, 0.3) is 0 Å². The summed E-state index contributed by atoms with van der Waals surface area (Å²) < 4.78 is 11.4. The first kappa shape index (κ1) is 17.2. The van der Waals surface area contributed by atoms with Crippen molar-refractivity contribution in [1.29, 1.82) is 0 Å². The van der Waals surface area contributed by atoms with Crippen LogP contribution in [-0.2, 0) is 9.47 Å². The minimum absolute atomic E-state index is 0.0316. The van der Waals surface area contributed by atoms with Gasteiger partial charge in [0.15, 0.2) is 0 Å². The summed E-state index contributed by atoms with van der Waals surface area (Å²) in [5, 5.41) is 13.0. The third kappa shape index (κ3) is 5.49. The normalized spacial score (nSPS) is 32.3. The van der Waals surface area contributed by atoms with Crippen LogP contribution in [0.2, 0.25) is 0 Å². The van der Waals surface area contributed by atoms with E-state index < -0.39 is 0 Å². The molecule has 2 rings (SSSR count). The van der Waals surface area contributed by atoms with Crippen LogP contribution in [0.5, 0.6) is 0 Å². The molecule has 0 saturated carbocycles. The van der Waals surface area contributed by atoms with Crippen molar-refractivity contribution in [1.82, 2.24) is 10.2 Å². The lowest BCUT2D eigenvalue weighted by Crippen LogP contribution is -2.55. The number of hydrogen-bond acceptors (Lipinski definition) is 5. The number of nitrogens with one attached hydrogen (secondary N) is 1. The Kier molecular flexibility index (Phi) is 6.03. The molecule has 124 valence electrons. The molecule has 5 heteroatoms. The van der Waals surface area contributed by atoms with Crippen LogP contribution in [0, 0.1) is 5.41 Å². The van der Waals surface area contributed by atoms with E-state index >= 15 is 0 Å². The molecule has 0 aromatic carbocycles. The molecule has 2 atom stereocenters. The minimum Gasteiger partial charge on any atom is -0.394 e. The molecular weight excluding hydrogens is 268 g/mol. The molecule has 2 aliphatic rings. The zero-order valence-corrected chi connectivity index (χ0v) is 13.9. The fourth-order valence-electron chi connectivity index (χ4n) is 3.19. The summed E-state index contributed by atoms with van der Waals surface area (Å²) in [4.78, 5) is 2.43. The van der Waals surface area contributed by atoms with E-state index in [1.807, 2.05) is 0 Å². The summed E-state index contributed by atoms with van der Waals surface area (Å²) >= 11 is 0. The maximum atomic E-state index is 9.30. The largest absolute Gasteiger partial charge is 0.394 e. The predicted molar refractivity (Wildman–Crippen MR) is 83.5 cm³/mol. The molecule has 2 aliphatic heterocycles. The summed E-state index contributed by atoms with van der Waals surface area (Å²) in [7, 11) is 0. The standard InChI is InChI=1S/C16H32N2O3/c1-15(2,3)17-11-16(5-4-7-20-13-16)12-18-6-8-21-14(9-18)10-19/h14,17,19H,4-13H2,1-3H3. The summed E-state index contributed by atoms with van der Waals surface area (Å²) in [5.41, 5.74) is 0.311. The van der Waals surface area contributed by atoms with Gasteiger partial charge in [0.25, 0.3) is 0 Å². The third-order valence-electron chi connectivity index (χ3n) is 4.38. The lowest BCUT2D eigenvalue weighted by atomic mass is 9.81. The molecule has 21 heavy (non-hydrogen) atoms. The molecule has 2 unspecified atom stereocenters. The highest BCUT2D eigenvalue weighted by atomic mass is 16.5. The number of morpholine rings is 1. The average Bonchev–Trinajstić information content (AvgIpc) is 2.46. The van der Waals surface area contributed by atoms with E-state index in [-0.39, 0.29) is 23.7 Å². The van der Waals surface area contributed by atoms with Gasteiger partial charge in [-0.15, -0.1) is 0 Å². The molecule has 0 aromatic heterocycles. The topological polar surface area (TPSA) is 54.0 Å². The first-order chi connectivity index (χ1) is 9.92. The van der Waals surface area contributed by atoms with Gasteiger partial charge in [0.2, 0.25) is 0 Å². The Morgan fingerprint density at radius 2 is 2.14 bits per heavy atom. The van der Waals surface area contributed by atoms with Crippen molar-refractivity contribution in [2.45, 2.75) is 45.3 Å². The van der Waals surface area contributed by atoms with Gasteiger partial charge in [-0.05, 0) is 33.6 Å². The molecule has 2 N–H and O–H groups in total. The Balaban J connectivity index is 1.95. The monoisotopic (exact) mass is 300 g/mol. The quantitative estimate of drug-likeness (QED) is 0.789. The number of ether oxygens (including phenoxy) is 2. The van der Waals surface area contributed by atoms with Crippen LogP contribution in [0.15, 0.2) is 0 Å². The van der Waals surface area contributed by atoms with Gasteiger partial charge in [0.05, 0.1) is 25.9 Å². The van der Waals surface area contributed by atoms with E-state index in [9.17, 15) is 5.11 Å². The van der Waals surface area contributed by atoms with Crippen LogP contribution in [-0.4, -0.2) is 74.3 Å². The Labute approximate surface area is 129 Å². The van der Waals surface area contributed by atoms with E-state index in [0.717, 1.165) is 52.4 Å². The van der Waals surface area contributed by atoms with Crippen molar-refractivity contribution in [2.24, 2.45) is 5.41 Å². The molecule has 0 bridgehead atoms. The molecule has 2 fully saturated rings. The van der Waals surface area contributed by atoms with Gasteiger partial charge in [0.1, 0.15) is 0 Å². The number of rotatable bonds is 5. The highest BCUT2D eigenvalue weighted by Gasteiger charge is 2.36.